The summed E-state index contributed by atoms with van der Waals surface area (Å²) >= 11 is 0. The van der Waals surface area contributed by atoms with Gasteiger partial charge in [-0.15, -0.1) is 0 Å². The number of carbonyl (C=O) groups is 4. The van der Waals surface area contributed by atoms with E-state index in [2.05, 4.69) is 149 Å². The molecular weight excluding hydrogens is 1350 g/mol. The number of hydrogen-bond acceptors (Lipinski definition) is 15. The Bertz CT molecular complexity index is 2440. The molecule has 0 aromatic rings. The maximum atomic E-state index is 13.1. The third kappa shape index (κ3) is 75.7. The van der Waals surface area contributed by atoms with Crippen LogP contribution in [0, 0.1) is 0 Å². The minimum Gasteiger partial charge on any atom is -0.462 e. The van der Waals surface area contributed by atoms with E-state index in [4.69, 9.17) is 37.0 Å². The summed E-state index contributed by atoms with van der Waals surface area (Å²) in [6, 6.07) is 0. The first-order chi connectivity index (χ1) is 50.7. The summed E-state index contributed by atoms with van der Waals surface area (Å²) in [5, 5.41) is 10.6. The van der Waals surface area contributed by atoms with E-state index >= 15 is 0 Å². The van der Waals surface area contributed by atoms with Gasteiger partial charge in [-0.1, -0.05) is 278 Å². The monoisotopic (exact) mass is 1500 g/mol. The second-order valence-electron chi connectivity index (χ2n) is 26.9. The van der Waals surface area contributed by atoms with Gasteiger partial charge in [-0.3, -0.25) is 37.3 Å². The number of phosphoric acid groups is 2. The highest BCUT2D eigenvalue weighted by Crippen LogP contribution is 2.45. The number of aliphatic hydroxyl groups is 1. The molecule has 0 heterocycles. The molecule has 0 spiro atoms. The van der Waals surface area contributed by atoms with Crippen molar-refractivity contribution in [3.63, 3.8) is 0 Å². The highest BCUT2D eigenvalue weighted by molar-refractivity contribution is 7.47. The second kappa shape index (κ2) is 76.6. The molecular formula is C85H146O17P2. The van der Waals surface area contributed by atoms with E-state index in [9.17, 15) is 43.2 Å². The van der Waals surface area contributed by atoms with Crippen LogP contribution in [0.3, 0.4) is 0 Å². The van der Waals surface area contributed by atoms with Crippen molar-refractivity contribution in [2.75, 3.05) is 39.6 Å². The van der Waals surface area contributed by atoms with Gasteiger partial charge in [0.05, 0.1) is 26.4 Å². The Morgan fingerprint density at radius 1 is 0.279 bits per heavy atom. The molecule has 0 aliphatic carbocycles. The molecule has 0 aliphatic rings. The topological polar surface area (TPSA) is 237 Å². The summed E-state index contributed by atoms with van der Waals surface area (Å²) in [5.74, 6) is -2.22. The summed E-state index contributed by atoms with van der Waals surface area (Å²) < 4.78 is 68.6. The van der Waals surface area contributed by atoms with E-state index in [0.717, 1.165) is 212 Å². The zero-order valence-electron chi connectivity index (χ0n) is 65.4. The minimum absolute atomic E-state index is 0.0738. The molecule has 0 rings (SSSR count). The molecule has 5 atom stereocenters. The van der Waals surface area contributed by atoms with Gasteiger partial charge >= 0.3 is 39.5 Å². The first-order valence-electron chi connectivity index (χ1n) is 40.8. The molecule has 0 aromatic carbocycles. The molecule has 0 saturated carbocycles. The number of unbranched alkanes of at least 4 members (excludes halogenated alkanes) is 30. The lowest BCUT2D eigenvalue weighted by Gasteiger charge is -2.21. The van der Waals surface area contributed by atoms with Gasteiger partial charge in [0.25, 0.3) is 0 Å². The molecule has 3 N–H and O–H groups in total. The van der Waals surface area contributed by atoms with Crippen molar-refractivity contribution < 1.29 is 80.2 Å². The molecule has 598 valence electrons. The molecule has 0 amide bonds. The molecule has 0 fully saturated rings. The maximum Gasteiger partial charge on any atom is 0.472 e. The van der Waals surface area contributed by atoms with Crippen molar-refractivity contribution >= 4 is 39.5 Å². The number of phosphoric ester groups is 2. The predicted molar refractivity (Wildman–Crippen MR) is 427 cm³/mol. The van der Waals surface area contributed by atoms with Crippen LogP contribution in [0.15, 0.2) is 122 Å². The largest absolute Gasteiger partial charge is 0.472 e. The Morgan fingerprint density at radius 2 is 0.500 bits per heavy atom. The molecule has 0 saturated heterocycles. The highest BCUT2D eigenvalue weighted by Gasteiger charge is 2.30. The standard InChI is InChI=1S/C85H146O17P2/c1-5-9-13-17-21-25-29-33-36-38-39-41-44-47-50-54-58-62-66-70-83(88)96-76-81(102-85(90)72-68-64-60-56-52-48-42-35-31-27-23-19-15-11-7-3)78-100-104(93,94)98-74-79(86)73-97-103(91,92)99-77-80(101-84(89)71-67-63-59-55-51-45-32-28-24-20-16-12-8-4)75-95-82(87)69-65-61-57-53-49-46-43-40-37-34-30-26-22-18-14-10-6-2/h9-10,13-14,21-23,25-28,32-37,39,41-42,79-81,86H,5-8,11-12,15-20,24,29-31,38,40,43-78H2,1-4H3,(H,91,92)(H,93,94)/b13-9-,14-10-,25-21-,26-22-,27-23-,32-28-,36-33-,37-34-,41-39-,42-35-. The Kier molecular flexibility index (Phi) is 73.3. The lowest BCUT2D eigenvalue weighted by atomic mass is 10.1. The first kappa shape index (κ1) is 99.5. The number of aliphatic hydroxyl groups excluding tert-OH is 1. The van der Waals surface area contributed by atoms with Crippen LogP contribution in [0.2, 0.25) is 0 Å². The number of hydrogen-bond donors (Lipinski definition) is 3. The molecule has 0 aromatic heterocycles. The average molecular weight is 1500 g/mol. The van der Waals surface area contributed by atoms with Gasteiger partial charge in [0.2, 0.25) is 0 Å². The molecule has 104 heavy (non-hydrogen) atoms. The Labute approximate surface area is 632 Å². The highest BCUT2D eigenvalue weighted by atomic mass is 31.2. The van der Waals surface area contributed by atoms with Gasteiger partial charge in [-0.05, 0) is 154 Å². The Balaban J connectivity index is 5.37. The Morgan fingerprint density at radius 3 is 0.798 bits per heavy atom. The van der Waals surface area contributed by atoms with Crippen LogP contribution in [0.1, 0.15) is 336 Å². The molecule has 0 aliphatic heterocycles. The number of esters is 4. The van der Waals surface area contributed by atoms with Crippen molar-refractivity contribution in [1.29, 1.82) is 0 Å². The van der Waals surface area contributed by atoms with Crippen LogP contribution in [-0.2, 0) is 65.4 Å². The predicted octanol–water partition coefficient (Wildman–Crippen LogP) is 23.9. The van der Waals surface area contributed by atoms with Gasteiger partial charge in [0.1, 0.15) is 19.3 Å². The summed E-state index contributed by atoms with van der Waals surface area (Å²) in [4.78, 5) is 73.1. The maximum absolute atomic E-state index is 13.1. The van der Waals surface area contributed by atoms with E-state index in [0.29, 0.717) is 25.7 Å². The zero-order valence-corrected chi connectivity index (χ0v) is 67.2. The average Bonchev–Trinajstić information content (AvgIpc) is 0.911. The fraction of sp³-hybridized carbons (Fsp3) is 0.718. The van der Waals surface area contributed by atoms with Crippen LogP contribution in [-0.4, -0.2) is 96.7 Å². The van der Waals surface area contributed by atoms with Crippen LogP contribution in [0.4, 0.5) is 0 Å². The fourth-order valence-corrected chi connectivity index (χ4v) is 12.3. The molecule has 5 unspecified atom stereocenters. The van der Waals surface area contributed by atoms with Crippen LogP contribution in [0.25, 0.3) is 0 Å². The summed E-state index contributed by atoms with van der Waals surface area (Å²) in [6.07, 6.45) is 84.5. The normalized spacial score (nSPS) is 14.5. The summed E-state index contributed by atoms with van der Waals surface area (Å²) in [6.45, 7) is 4.59. The summed E-state index contributed by atoms with van der Waals surface area (Å²) in [5.41, 5.74) is 0. The minimum atomic E-state index is -4.99. The quantitative estimate of drug-likeness (QED) is 0.0169. The fourth-order valence-electron chi connectivity index (χ4n) is 10.7. The molecule has 19 heteroatoms. The zero-order chi connectivity index (χ0) is 76.0. The number of allylic oxidation sites excluding steroid dienone is 20. The van der Waals surface area contributed by atoms with Gasteiger partial charge in [0.15, 0.2) is 12.2 Å². The third-order valence-corrected chi connectivity index (χ3v) is 18.8. The lowest BCUT2D eigenvalue weighted by Crippen LogP contribution is -2.30. The van der Waals surface area contributed by atoms with Crippen molar-refractivity contribution in [2.24, 2.45) is 0 Å². The van der Waals surface area contributed by atoms with Crippen LogP contribution < -0.4 is 0 Å². The van der Waals surface area contributed by atoms with E-state index in [-0.39, 0.29) is 25.7 Å². The second-order valence-corrected chi connectivity index (χ2v) is 29.8. The summed E-state index contributed by atoms with van der Waals surface area (Å²) in [7, 11) is -9.97. The van der Waals surface area contributed by atoms with Crippen molar-refractivity contribution in [3.05, 3.63) is 122 Å². The Hall–Kier alpha value is -4.54. The van der Waals surface area contributed by atoms with Gasteiger partial charge in [0, 0.05) is 25.7 Å². The van der Waals surface area contributed by atoms with E-state index in [1.165, 1.54) is 44.9 Å². The van der Waals surface area contributed by atoms with Gasteiger partial charge in [-0.25, -0.2) is 9.13 Å². The molecule has 0 radical (unpaired) electrons. The van der Waals surface area contributed by atoms with Crippen molar-refractivity contribution in [1.82, 2.24) is 0 Å². The van der Waals surface area contributed by atoms with Crippen molar-refractivity contribution in [2.45, 2.75) is 354 Å². The van der Waals surface area contributed by atoms with Crippen LogP contribution >= 0.6 is 15.6 Å². The van der Waals surface area contributed by atoms with Crippen molar-refractivity contribution in [3.8, 4) is 0 Å². The van der Waals surface area contributed by atoms with Gasteiger partial charge < -0.3 is 33.8 Å². The number of carbonyl (C=O) groups excluding carboxylic acids is 4. The number of rotatable bonds is 76. The smallest absolute Gasteiger partial charge is 0.462 e. The van der Waals surface area contributed by atoms with Crippen LogP contribution in [0.5, 0.6) is 0 Å². The first-order valence-corrected chi connectivity index (χ1v) is 43.8. The molecule has 17 nitrogen and oxygen atoms in total. The van der Waals surface area contributed by atoms with E-state index in [1.54, 1.807) is 0 Å². The van der Waals surface area contributed by atoms with E-state index in [1.807, 2.05) is 0 Å². The lowest BCUT2D eigenvalue weighted by molar-refractivity contribution is -0.161. The van der Waals surface area contributed by atoms with Gasteiger partial charge in [-0.2, -0.15) is 0 Å². The third-order valence-electron chi connectivity index (χ3n) is 16.9. The SMILES string of the molecule is CC/C=C\C/C=C\C/C=C\C/C=C\CCCCCCCCC(=O)OCC(COP(=O)(O)OCC(O)COP(=O)(O)OCC(COC(=O)CCCCCCCCC/C=C\C/C=C\C/C=C\CC)OC(=O)CCCCCCC/C=C\CCCCCC)OC(=O)CCCCCCC/C=C\C/C=C\CCCCC. The molecule has 0 bridgehead atoms. The number of ether oxygens (including phenoxy) is 4. The van der Waals surface area contributed by atoms with E-state index < -0.39 is 97.5 Å².